The number of hydrogen-bond donors (Lipinski definition) is 0. The van der Waals surface area contributed by atoms with Gasteiger partial charge >= 0.3 is 0 Å². The van der Waals surface area contributed by atoms with Gasteiger partial charge in [-0.15, -0.1) is 0 Å². The van der Waals surface area contributed by atoms with Crippen LogP contribution in [0.3, 0.4) is 0 Å². The SMILES string of the molecule is CN1CCN(CCN2CC3C(c4ccccc4)CC(N(C)C)(CC3c3ccccc3)C2)CC1. The standard InChI is InChI=1S/C29H42N4/c1-30(2)29-20-26(24-10-6-4-7-11-24)28(27(21-29)25-12-8-5-9-13-25)22-33(23-29)19-18-32-16-14-31(3)15-17-32/h4-13,26-28H,14-23H2,1-3H3. The van der Waals surface area contributed by atoms with Crippen molar-refractivity contribution in [1.29, 1.82) is 0 Å². The number of nitrogens with zero attached hydrogens (tertiary/aromatic N) is 4. The summed E-state index contributed by atoms with van der Waals surface area (Å²) in [5.41, 5.74) is 3.29. The third-order valence-electron chi connectivity index (χ3n) is 8.95. The van der Waals surface area contributed by atoms with Crippen molar-refractivity contribution >= 4 is 0 Å². The molecule has 2 atom stereocenters. The molecule has 3 heterocycles. The highest BCUT2D eigenvalue weighted by molar-refractivity contribution is 5.30. The van der Waals surface area contributed by atoms with E-state index in [1.807, 2.05) is 0 Å². The van der Waals surface area contributed by atoms with Gasteiger partial charge in [-0.05, 0) is 62.9 Å². The van der Waals surface area contributed by atoms with Gasteiger partial charge in [-0.25, -0.2) is 0 Å². The van der Waals surface area contributed by atoms with Gasteiger partial charge in [0.1, 0.15) is 0 Å². The summed E-state index contributed by atoms with van der Waals surface area (Å²) in [5, 5.41) is 0. The Hall–Kier alpha value is -1.72. The smallest absolute Gasteiger partial charge is 0.0342 e. The lowest BCUT2D eigenvalue weighted by Crippen LogP contribution is -2.54. The van der Waals surface area contributed by atoms with Crippen LogP contribution in [0.25, 0.3) is 0 Å². The number of rotatable bonds is 6. The minimum absolute atomic E-state index is 0.218. The zero-order valence-corrected chi connectivity index (χ0v) is 20.9. The first-order chi connectivity index (χ1) is 16.0. The highest BCUT2D eigenvalue weighted by atomic mass is 15.3. The maximum absolute atomic E-state index is 2.83. The van der Waals surface area contributed by atoms with Gasteiger partial charge in [-0.1, -0.05) is 60.7 Å². The second-order valence-corrected chi connectivity index (χ2v) is 11.1. The van der Waals surface area contributed by atoms with E-state index in [0.717, 1.165) is 0 Å². The van der Waals surface area contributed by atoms with Gasteiger partial charge in [-0.2, -0.15) is 0 Å². The highest BCUT2D eigenvalue weighted by Crippen LogP contribution is 2.54. The fraction of sp³-hybridized carbons (Fsp3) is 0.586. The maximum Gasteiger partial charge on any atom is 0.0342 e. The molecule has 3 aliphatic heterocycles. The Morgan fingerprint density at radius 3 is 1.79 bits per heavy atom. The van der Waals surface area contributed by atoms with Gasteiger partial charge in [-0.3, -0.25) is 9.80 Å². The minimum atomic E-state index is 0.218. The van der Waals surface area contributed by atoms with Gasteiger partial charge in [0, 0.05) is 57.9 Å². The van der Waals surface area contributed by atoms with Gasteiger partial charge in [0.25, 0.3) is 0 Å². The van der Waals surface area contributed by atoms with Gasteiger partial charge in [0.15, 0.2) is 0 Å². The van der Waals surface area contributed by atoms with E-state index in [-0.39, 0.29) is 5.54 Å². The third kappa shape index (κ3) is 4.90. The molecule has 0 spiro atoms. The van der Waals surface area contributed by atoms with Crippen LogP contribution in [-0.2, 0) is 0 Å². The molecule has 2 bridgehead atoms. The van der Waals surface area contributed by atoms with Gasteiger partial charge in [0.05, 0.1) is 0 Å². The van der Waals surface area contributed by atoms with Crippen LogP contribution in [0.1, 0.15) is 35.8 Å². The van der Waals surface area contributed by atoms with E-state index in [0.29, 0.717) is 17.8 Å². The van der Waals surface area contributed by atoms with Crippen molar-refractivity contribution < 1.29 is 0 Å². The molecule has 2 aromatic carbocycles. The van der Waals surface area contributed by atoms with E-state index in [9.17, 15) is 0 Å². The Balaban J connectivity index is 1.44. The van der Waals surface area contributed by atoms with Crippen molar-refractivity contribution in [2.75, 3.05) is 73.5 Å². The molecule has 2 unspecified atom stereocenters. The molecule has 4 aliphatic rings. The fourth-order valence-corrected chi connectivity index (χ4v) is 6.81. The van der Waals surface area contributed by atoms with Crippen molar-refractivity contribution in [2.45, 2.75) is 30.2 Å². The molecule has 4 fully saturated rings. The molecule has 2 aromatic rings. The van der Waals surface area contributed by atoms with Crippen LogP contribution in [0.15, 0.2) is 60.7 Å². The molecule has 6 rings (SSSR count). The lowest BCUT2D eigenvalue weighted by Gasteiger charge is -2.49. The van der Waals surface area contributed by atoms with Crippen LogP contribution in [-0.4, -0.2) is 98.6 Å². The molecule has 0 aromatic heterocycles. The molecule has 3 saturated heterocycles. The molecule has 178 valence electrons. The first-order valence-corrected chi connectivity index (χ1v) is 12.9. The molecular weight excluding hydrogens is 404 g/mol. The highest BCUT2D eigenvalue weighted by Gasteiger charge is 2.52. The Labute approximate surface area is 201 Å². The molecule has 4 heteroatoms. The Morgan fingerprint density at radius 2 is 1.27 bits per heavy atom. The first-order valence-electron chi connectivity index (χ1n) is 12.9. The number of benzene rings is 2. The fourth-order valence-electron chi connectivity index (χ4n) is 6.81. The average Bonchev–Trinajstić information content (AvgIpc) is 3.12. The van der Waals surface area contributed by atoms with Crippen LogP contribution in [0.2, 0.25) is 0 Å². The topological polar surface area (TPSA) is 13.0 Å². The van der Waals surface area contributed by atoms with Crippen LogP contribution in [0.5, 0.6) is 0 Å². The Kier molecular flexibility index (Phi) is 6.89. The van der Waals surface area contributed by atoms with E-state index < -0.39 is 0 Å². The second-order valence-electron chi connectivity index (χ2n) is 11.1. The normalized spacial score (nSPS) is 31.7. The summed E-state index contributed by atoms with van der Waals surface area (Å²) in [6.45, 7) is 9.64. The number of hydrogen-bond acceptors (Lipinski definition) is 4. The van der Waals surface area contributed by atoms with E-state index in [4.69, 9.17) is 0 Å². The summed E-state index contributed by atoms with van der Waals surface area (Å²) in [6, 6.07) is 22.8. The van der Waals surface area contributed by atoms with E-state index in [1.54, 1.807) is 0 Å². The number of fused-ring (bicyclic) bond motifs is 4. The molecule has 1 saturated carbocycles. The van der Waals surface area contributed by atoms with E-state index >= 15 is 0 Å². The quantitative estimate of drug-likeness (QED) is 0.669. The summed E-state index contributed by atoms with van der Waals surface area (Å²) in [5.74, 6) is 1.89. The second kappa shape index (κ2) is 9.87. The largest absolute Gasteiger partial charge is 0.304 e. The van der Waals surface area contributed by atoms with Crippen LogP contribution in [0, 0.1) is 5.92 Å². The minimum Gasteiger partial charge on any atom is -0.304 e. The molecule has 0 amide bonds. The first kappa shape index (κ1) is 23.0. The van der Waals surface area contributed by atoms with Crippen molar-refractivity contribution in [1.82, 2.24) is 19.6 Å². The summed E-state index contributed by atoms with van der Waals surface area (Å²) in [6.07, 6.45) is 2.53. The molecule has 0 N–H and O–H groups in total. The number of piperazine rings is 1. The number of likely N-dealkylation sites (N-methyl/N-ethyl adjacent to an activating group) is 2. The zero-order chi connectivity index (χ0) is 22.8. The van der Waals surface area contributed by atoms with Crippen molar-refractivity contribution in [3.8, 4) is 0 Å². The van der Waals surface area contributed by atoms with E-state index in [2.05, 4.69) is 101 Å². The van der Waals surface area contributed by atoms with Crippen LogP contribution >= 0.6 is 0 Å². The van der Waals surface area contributed by atoms with Gasteiger partial charge < -0.3 is 9.80 Å². The lowest BCUT2D eigenvalue weighted by molar-refractivity contribution is 0.0616. The molecule has 4 nitrogen and oxygen atoms in total. The molecule has 33 heavy (non-hydrogen) atoms. The van der Waals surface area contributed by atoms with E-state index in [1.165, 1.54) is 76.3 Å². The summed E-state index contributed by atoms with van der Waals surface area (Å²) < 4.78 is 0. The zero-order valence-electron chi connectivity index (χ0n) is 20.9. The Morgan fingerprint density at radius 1 is 0.758 bits per heavy atom. The van der Waals surface area contributed by atoms with Crippen LogP contribution in [0.4, 0.5) is 0 Å². The summed E-state index contributed by atoms with van der Waals surface area (Å²) in [4.78, 5) is 10.5. The molecule has 1 aliphatic carbocycles. The summed E-state index contributed by atoms with van der Waals surface area (Å²) >= 11 is 0. The molecule has 0 radical (unpaired) electrons. The monoisotopic (exact) mass is 446 g/mol. The summed E-state index contributed by atoms with van der Waals surface area (Å²) in [7, 11) is 6.90. The van der Waals surface area contributed by atoms with Crippen molar-refractivity contribution in [2.24, 2.45) is 5.92 Å². The maximum atomic E-state index is 2.83. The van der Waals surface area contributed by atoms with Crippen molar-refractivity contribution in [3.05, 3.63) is 71.8 Å². The molecular formula is C29H42N4. The lowest BCUT2D eigenvalue weighted by atomic mass is 9.61. The third-order valence-corrected chi connectivity index (χ3v) is 8.95. The van der Waals surface area contributed by atoms with Crippen molar-refractivity contribution in [3.63, 3.8) is 0 Å². The predicted octanol–water partition coefficient (Wildman–Crippen LogP) is 3.83. The average molecular weight is 447 g/mol. The Bertz CT molecular complexity index is 826. The van der Waals surface area contributed by atoms with Crippen LogP contribution < -0.4 is 0 Å². The predicted molar refractivity (Wildman–Crippen MR) is 138 cm³/mol. The van der Waals surface area contributed by atoms with Gasteiger partial charge in [0.2, 0.25) is 0 Å².